The summed E-state index contributed by atoms with van der Waals surface area (Å²) in [6.07, 6.45) is 3.58. The van der Waals surface area contributed by atoms with Gasteiger partial charge in [0.25, 0.3) is 0 Å². The molecule has 1 amide bonds. The smallest absolute Gasteiger partial charge is 0.237 e. The number of carbonyl (C=O) groups excluding carboxylic acids is 1. The van der Waals surface area contributed by atoms with Crippen molar-refractivity contribution in [3.8, 4) is 22.9 Å². The molecule has 1 N–H and O–H groups in total. The zero-order valence-corrected chi connectivity index (χ0v) is 16.9. The highest BCUT2D eigenvalue weighted by molar-refractivity contribution is 8.00. The van der Waals surface area contributed by atoms with E-state index in [0.29, 0.717) is 30.4 Å². The third-order valence-electron chi connectivity index (χ3n) is 4.40. The summed E-state index contributed by atoms with van der Waals surface area (Å²) < 4.78 is 18.3. The van der Waals surface area contributed by atoms with E-state index in [0.717, 1.165) is 16.6 Å². The standard InChI is InChI=1S/C21H21N3O4S/c1-14(20(25)23-15-6-7-18-19(12-15)28-11-10-27-18)29-21-22-8-9-24(21)16-4-3-5-17(13-16)26-2/h3-9,12-14H,10-11H2,1-2H3,(H,23,25). The lowest BCUT2D eigenvalue weighted by atomic mass is 10.2. The molecule has 0 fully saturated rings. The van der Waals surface area contributed by atoms with E-state index in [1.807, 2.05) is 42.0 Å². The van der Waals surface area contributed by atoms with Gasteiger partial charge in [0.1, 0.15) is 19.0 Å². The lowest BCUT2D eigenvalue weighted by molar-refractivity contribution is -0.115. The molecule has 0 spiro atoms. The molecular formula is C21H21N3O4S. The quantitative estimate of drug-likeness (QED) is 0.623. The topological polar surface area (TPSA) is 74.6 Å². The van der Waals surface area contributed by atoms with Crippen molar-refractivity contribution in [1.82, 2.24) is 9.55 Å². The molecule has 1 aliphatic rings. The number of fused-ring (bicyclic) bond motifs is 1. The maximum atomic E-state index is 12.7. The maximum absolute atomic E-state index is 12.7. The number of imidazole rings is 1. The molecule has 1 unspecified atom stereocenters. The molecule has 0 radical (unpaired) electrons. The Hall–Kier alpha value is -3.13. The summed E-state index contributed by atoms with van der Waals surface area (Å²) in [5.41, 5.74) is 1.59. The second-order valence-corrected chi connectivity index (χ2v) is 7.70. The van der Waals surface area contributed by atoms with Gasteiger partial charge in [-0.3, -0.25) is 9.36 Å². The normalized spacial score (nSPS) is 13.6. The van der Waals surface area contributed by atoms with Crippen LogP contribution in [0.5, 0.6) is 17.2 Å². The van der Waals surface area contributed by atoms with E-state index in [4.69, 9.17) is 14.2 Å². The van der Waals surface area contributed by atoms with Crippen LogP contribution >= 0.6 is 11.8 Å². The lowest BCUT2D eigenvalue weighted by Gasteiger charge is -2.19. The van der Waals surface area contributed by atoms with Gasteiger partial charge in [0.2, 0.25) is 5.91 Å². The summed E-state index contributed by atoms with van der Waals surface area (Å²) >= 11 is 1.38. The van der Waals surface area contributed by atoms with Crippen LogP contribution in [0.25, 0.3) is 5.69 Å². The summed E-state index contributed by atoms with van der Waals surface area (Å²) in [7, 11) is 1.63. The van der Waals surface area contributed by atoms with Crippen molar-refractivity contribution in [2.24, 2.45) is 0 Å². The van der Waals surface area contributed by atoms with Gasteiger partial charge in [0, 0.05) is 30.2 Å². The van der Waals surface area contributed by atoms with Crippen LogP contribution in [0.1, 0.15) is 6.92 Å². The maximum Gasteiger partial charge on any atom is 0.237 e. The molecule has 2 aromatic carbocycles. The molecule has 150 valence electrons. The number of thioether (sulfide) groups is 1. The molecule has 2 heterocycles. The van der Waals surface area contributed by atoms with Crippen LogP contribution in [0.2, 0.25) is 0 Å². The van der Waals surface area contributed by atoms with E-state index in [2.05, 4.69) is 10.3 Å². The number of anilines is 1. The van der Waals surface area contributed by atoms with E-state index in [-0.39, 0.29) is 11.2 Å². The van der Waals surface area contributed by atoms with Crippen LogP contribution in [0.15, 0.2) is 60.0 Å². The zero-order chi connectivity index (χ0) is 20.2. The first-order chi connectivity index (χ1) is 14.1. The minimum Gasteiger partial charge on any atom is -0.497 e. The third kappa shape index (κ3) is 4.32. The number of nitrogens with zero attached hydrogens (tertiary/aromatic N) is 2. The Kier molecular flexibility index (Phi) is 5.62. The fourth-order valence-electron chi connectivity index (χ4n) is 2.91. The number of benzene rings is 2. The summed E-state index contributed by atoms with van der Waals surface area (Å²) in [6, 6.07) is 13.1. The lowest BCUT2D eigenvalue weighted by Crippen LogP contribution is -2.23. The van der Waals surface area contributed by atoms with Gasteiger partial charge in [-0.1, -0.05) is 17.8 Å². The van der Waals surface area contributed by atoms with Crippen molar-refractivity contribution < 1.29 is 19.0 Å². The van der Waals surface area contributed by atoms with E-state index < -0.39 is 0 Å². The van der Waals surface area contributed by atoms with Crippen molar-refractivity contribution >= 4 is 23.4 Å². The number of amides is 1. The molecule has 3 aromatic rings. The summed E-state index contributed by atoms with van der Waals surface area (Å²) in [6.45, 7) is 2.89. The molecule has 4 rings (SSSR count). The van der Waals surface area contributed by atoms with Crippen molar-refractivity contribution in [3.63, 3.8) is 0 Å². The van der Waals surface area contributed by atoms with Gasteiger partial charge in [0.15, 0.2) is 16.7 Å². The highest BCUT2D eigenvalue weighted by Gasteiger charge is 2.19. The predicted molar refractivity (Wildman–Crippen MR) is 111 cm³/mol. The number of rotatable bonds is 6. The molecule has 1 atom stereocenters. The van der Waals surface area contributed by atoms with Crippen LogP contribution in [-0.2, 0) is 4.79 Å². The highest BCUT2D eigenvalue weighted by atomic mass is 32.2. The fraction of sp³-hybridized carbons (Fsp3) is 0.238. The predicted octanol–water partition coefficient (Wildman–Crippen LogP) is 3.77. The van der Waals surface area contributed by atoms with Crippen LogP contribution in [0.3, 0.4) is 0 Å². The number of nitrogens with one attached hydrogen (secondary N) is 1. The molecule has 8 heteroatoms. The van der Waals surface area contributed by atoms with Gasteiger partial charge in [0.05, 0.1) is 18.0 Å². The van der Waals surface area contributed by atoms with Gasteiger partial charge in [-0.25, -0.2) is 4.98 Å². The van der Waals surface area contributed by atoms with Crippen molar-refractivity contribution in [2.45, 2.75) is 17.3 Å². The van der Waals surface area contributed by atoms with E-state index in [1.165, 1.54) is 11.8 Å². The SMILES string of the molecule is COc1cccc(-n2ccnc2SC(C)C(=O)Nc2ccc3c(c2)OCCO3)c1. The monoisotopic (exact) mass is 411 g/mol. The van der Waals surface area contributed by atoms with E-state index in [1.54, 1.807) is 31.5 Å². The average molecular weight is 411 g/mol. The van der Waals surface area contributed by atoms with Gasteiger partial charge in [-0.2, -0.15) is 0 Å². The Morgan fingerprint density at radius 1 is 1.21 bits per heavy atom. The number of carbonyl (C=O) groups is 1. The molecule has 0 saturated carbocycles. The van der Waals surface area contributed by atoms with Gasteiger partial charge in [-0.15, -0.1) is 0 Å². The minimum atomic E-state index is -0.352. The first kappa shape index (κ1) is 19.2. The number of methoxy groups -OCH3 is 1. The Labute approximate surface area is 173 Å². The summed E-state index contributed by atoms with van der Waals surface area (Å²) in [4.78, 5) is 17.1. The Bertz CT molecular complexity index is 1020. The summed E-state index contributed by atoms with van der Waals surface area (Å²) in [5.74, 6) is 1.98. The average Bonchev–Trinajstić information content (AvgIpc) is 3.21. The fourth-order valence-corrected chi connectivity index (χ4v) is 3.79. The Morgan fingerprint density at radius 2 is 2.03 bits per heavy atom. The largest absolute Gasteiger partial charge is 0.497 e. The van der Waals surface area contributed by atoms with Crippen LogP contribution in [-0.4, -0.2) is 41.0 Å². The van der Waals surface area contributed by atoms with Crippen molar-refractivity contribution in [1.29, 1.82) is 0 Å². The van der Waals surface area contributed by atoms with Crippen LogP contribution in [0.4, 0.5) is 5.69 Å². The van der Waals surface area contributed by atoms with Crippen LogP contribution in [0, 0.1) is 0 Å². The van der Waals surface area contributed by atoms with Crippen molar-refractivity contribution in [2.75, 3.05) is 25.6 Å². The molecule has 0 bridgehead atoms. The Morgan fingerprint density at radius 3 is 2.86 bits per heavy atom. The first-order valence-electron chi connectivity index (χ1n) is 9.19. The van der Waals surface area contributed by atoms with Crippen LogP contribution < -0.4 is 19.5 Å². The first-order valence-corrected chi connectivity index (χ1v) is 10.1. The number of hydrogen-bond donors (Lipinski definition) is 1. The number of aromatic nitrogens is 2. The molecule has 1 aliphatic heterocycles. The second-order valence-electron chi connectivity index (χ2n) is 6.39. The molecule has 0 aliphatic carbocycles. The zero-order valence-electron chi connectivity index (χ0n) is 16.1. The van der Waals surface area contributed by atoms with Gasteiger partial charge >= 0.3 is 0 Å². The molecular weight excluding hydrogens is 390 g/mol. The van der Waals surface area contributed by atoms with Crippen molar-refractivity contribution in [3.05, 3.63) is 54.9 Å². The molecule has 0 saturated heterocycles. The second kappa shape index (κ2) is 8.48. The number of ether oxygens (including phenoxy) is 3. The minimum absolute atomic E-state index is 0.119. The van der Waals surface area contributed by atoms with Gasteiger partial charge < -0.3 is 19.5 Å². The Balaban J connectivity index is 1.45. The highest BCUT2D eigenvalue weighted by Crippen LogP contribution is 2.33. The van der Waals surface area contributed by atoms with E-state index in [9.17, 15) is 4.79 Å². The van der Waals surface area contributed by atoms with E-state index >= 15 is 0 Å². The third-order valence-corrected chi connectivity index (χ3v) is 5.48. The van der Waals surface area contributed by atoms with Gasteiger partial charge in [-0.05, 0) is 31.2 Å². The number of hydrogen-bond acceptors (Lipinski definition) is 6. The summed E-state index contributed by atoms with van der Waals surface area (Å²) in [5, 5.41) is 3.30. The molecule has 1 aromatic heterocycles. The molecule has 7 nitrogen and oxygen atoms in total. The molecule has 29 heavy (non-hydrogen) atoms.